The highest BCUT2D eigenvalue weighted by Gasteiger charge is 2.38. The van der Waals surface area contributed by atoms with Crippen LogP contribution in [0.5, 0.6) is 0 Å². The van der Waals surface area contributed by atoms with E-state index in [-0.39, 0.29) is 21.7 Å². The van der Waals surface area contributed by atoms with Gasteiger partial charge in [-0.25, -0.2) is 8.42 Å². The van der Waals surface area contributed by atoms with E-state index in [2.05, 4.69) is 118 Å². The van der Waals surface area contributed by atoms with E-state index < -0.39 is 9.84 Å². The van der Waals surface area contributed by atoms with Crippen LogP contribution in [0, 0.1) is 0 Å². The van der Waals surface area contributed by atoms with Gasteiger partial charge in [-0.3, -0.25) is 0 Å². The van der Waals surface area contributed by atoms with Gasteiger partial charge in [0, 0.05) is 0 Å². The maximum absolute atomic E-state index is 13.6. The molecule has 3 heteroatoms. The van der Waals surface area contributed by atoms with E-state index in [0.717, 1.165) is 11.1 Å². The second-order valence-corrected chi connectivity index (χ2v) is 19.3. The summed E-state index contributed by atoms with van der Waals surface area (Å²) in [6.07, 6.45) is 9.05. The van der Waals surface area contributed by atoms with Gasteiger partial charge in [0.25, 0.3) is 0 Å². The zero-order valence-corrected chi connectivity index (χ0v) is 32.1. The van der Waals surface area contributed by atoms with E-state index in [4.69, 9.17) is 0 Å². The van der Waals surface area contributed by atoms with Crippen molar-refractivity contribution < 1.29 is 8.42 Å². The topological polar surface area (TPSA) is 34.1 Å². The molecule has 0 aromatic heterocycles. The first-order valence-corrected chi connectivity index (χ1v) is 19.4. The summed E-state index contributed by atoms with van der Waals surface area (Å²) in [5, 5.41) is 0. The number of hydrogen-bond donors (Lipinski definition) is 0. The third kappa shape index (κ3) is 6.76. The molecule has 2 aliphatic rings. The van der Waals surface area contributed by atoms with Crippen LogP contribution in [0.2, 0.25) is 0 Å². The Labute approximate surface area is 296 Å². The normalized spacial score (nSPS) is 19.6. The number of sulfone groups is 1. The van der Waals surface area contributed by atoms with Crippen molar-refractivity contribution in [3.05, 3.63) is 129 Å². The molecule has 4 aromatic rings. The van der Waals surface area contributed by atoms with Gasteiger partial charge in [-0.15, -0.1) is 0 Å². The molecule has 0 N–H and O–H groups in total. The van der Waals surface area contributed by atoms with Crippen molar-refractivity contribution in [3.63, 3.8) is 0 Å². The zero-order valence-electron chi connectivity index (χ0n) is 31.3. The Morgan fingerprint density at radius 2 is 0.776 bits per heavy atom. The van der Waals surface area contributed by atoms with Crippen molar-refractivity contribution in [1.29, 1.82) is 0 Å². The fourth-order valence-corrected chi connectivity index (χ4v) is 9.22. The van der Waals surface area contributed by atoms with Crippen LogP contribution in [0.3, 0.4) is 0 Å². The summed E-state index contributed by atoms with van der Waals surface area (Å²) < 4.78 is 27.2. The summed E-state index contributed by atoms with van der Waals surface area (Å²) in [6.45, 7) is 23.1. The second kappa shape index (κ2) is 12.3. The van der Waals surface area contributed by atoms with Gasteiger partial charge in [0.15, 0.2) is 0 Å². The fraction of sp³-hybridized carbons (Fsp3) is 0.391. The van der Waals surface area contributed by atoms with Gasteiger partial charge < -0.3 is 0 Å². The van der Waals surface area contributed by atoms with Crippen LogP contribution in [0.1, 0.15) is 139 Å². The number of hydrogen-bond acceptors (Lipinski definition) is 2. The number of benzene rings is 4. The Bertz CT molecular complexity index is 1920. The first kappa shape index (κ1) is 35.1. The SMILES string of the molecule is CC(=Cc1ccc(S(=O)(=O)c2ccc(C=C(C)c3ccc4c(c3)C(C)(C)CCC4(C)C)cc2)cc1)c1ccc2c(c1)C(C)(C)CCC2(C)C. The van der Waals surface area contributed by atoms with E-state index in [0.29, 0.717) is 9.79 Å². The Morgan fingerprint density at radius 3 is 1.10 bits per heavy atom. The maximum Gasteiger partial charge on any atom is 0.206 e. The van der Waals surface area contributed by atoms with Crippen molar-refractivity contribution >= 4 is 33.1 Å². The minimum Gasteiger partial charge on any atom is -0.219 e. The number of rotatable bonds is 6. The molecule has 2 nitrogen and oxygen atoms in total. The van der Waals surface area contributed by atoms with Crippen LogP contribution in [-0.4, -0.2) is 8.42 Å². The van der Waals surface area contributed by atoms with Crippen molar-refractivity contribution in [2.75, 3.05) is 0 Å². The van der Waals surface area contributed by atoms with Crippen LogP contribution >= 0.6 is 0 Å². The Balaban J connectivity index is 1.19. The Kier molecular flexibility index (Phi) is 8.80. The molecule has 0 radical (unpaired) electrons. The first-order chi connectivity index (χ1) is 22.8. The molecule has 0 bridgehead atoms. The molecule has 0 unspecified atom stereocenters. The van der Waals surface area contributed by atoms with Gasteiger partial charge in [-0.05, 0) is 141 Å². The average Bonchev–Trinajstić information content (AvgIpc) is 3.05. The molecule has 0 saturated carbocycles. The van der Waals surface area contributed by atoms with Crippen molar-refractivity contribution in [3.8, 4) is 0 Å². The van der Waals surface area contributed by atoms with Gasteiger partial charge in [-0.2, -0.15) is 0 Å². The van der Waals surface area contributed by atoms with Crippen LogP contribution in [-0.2, 0) is 31.5 Å². The van der Waals surface area contributed by atoms with Crippen LogP contribution in [0.25, 0.3) is 23.3 Å². The largest absolute Gasteiger partial charge is 0.219 e. The fourth-order valence-electron chi connectivity index (χ4n) is 7.96. The Morgan fingerprint density at radius 1 is 0.469 bits per heavy atom. The molecule has 0 amide bonds. The van der Waals surface area contributed by atoms with E-state index in [9.17, 15) is 8.42 Å². The predicted octanol–water partition coefficient (Wildman–Crippen LogP) is 12.3. The number of allylic oxidation sites excluding steroid dienone is 2. The van der Waals surface area contributed by atoms with Gasteiger partial charge >= 0.3 is 0 Å². The highest BCUT2D eigenvalue weighted by molar-refractivity contribution is 7.91. The van der Waals surface area contributed by atoms with Crippen LogP contribution in [0.4, 0.5) is 0 Å². The predicted molar refractivity (Wildman–Crippen MR) is 209 cm³/mol. The van der Waals surface area contributed by atoms with Crippen molar-refractivity contribution in [2.45, 2.75) is 126 Å². The highest BCUT2D eigenvalue weighted by atomic mass is 32.2. The molecule has 0 spiro atoms. The molecule has 4 aromatic carbocycles. The summed E-state index contributed by atoms with van der Waals surface area (Å²) >= 11 is 0. The van der Waals surface area contributed by atoms with E-state index in [1.807, 2.05) is 24.3 Å². The van der Waals surface area contributed by atoms with Gasteiger partial charge in [-0.1, -0.05) is 128 Å². The molecule has 49 heavy (non-hydrogen) atoms. The second-order valence-electron chi connectivity index (χ2n) is 17.4. The molecular formula is C46H54O2S. The lowest BCUT2D eigenvalue weighted by Crippen LogP contribution is -2.33. The smallest absolute Gasteiger partial charge is 0.206 e. The lowest BCUT2D eigenvalue weighted by atomic mass is 9.63. The molecule has 6 rings (SSSR count). The van der Waals surface area contributed by atoms with Crippen molar-refractivity contribution in [1.82, 2.24) is 0 Å². The summed E-state index contributed by atoms with van der Waals surface area (Å²) in [7, 11) is -3.64. The lowest BCUT2D eigenvalue weighted by molar-refractivity contribution is 0.332. The first-order valence-electron chi connectivity index (χ1n) is 17.9. The molecule has 0 fully saturated rings. The molecule has 0 atom stereocenters. The molecule has 0 aliphatic heterocycles. The zero-order chi connectivity index (χ0) is 35.6. The monoisotopic (exact) mass is 670 g/mol. The number of fused-ring (bicyclic) bond motifs is 2. The van der Waals surface area contributed by atoms with E-state index in [1.54, 1.807) is 24.3 Å². The summed E-state index contributed by atoms with van der Waals surface area (Å²) in [4.78, 5) is 0.610. The molecule has 2 aliphatic carbocycles. The third-order valence-electron chi connectivity index (χ3n) is 11.8. The summed E-state index contributed by atoms with van der Waals surface area (Å²) in [5.74, 6) is 0. The van der Waals surface area contributed by atoms with Crippen LogP contribution < -0.4 is 0 Å². The highest BCUT2D eigenvalue weighted by Crippen LogP contribution is 2.47. The Hall–Kier alpha value is -3.69. The molecule has 0 saturated heterocycles. The van der Waals surface area contributed by atoms with Gasteiger partial charge in [0.1, 0.15) is 0 Å². The summed E-state index contributed by atoms with van der Waals surface area (Å²) in [5.41, 5.74) is 13.2. The van der Waals surface area contributed by atoms with E-state index in [1.165, 1.54) is 70.2 Å². The quantitative estimate of drug-likeness (QED) is 0.191. The molecular weight excluding hydrogens is 617 g/mol. The van der Waals surface area contributed by atoms with Gasteiger partial charge in [0.05, 0.1) is 9.79 Å². The van der Waals surface area contributed by atoms with Crippen molar-refractivity contribution in [2.24, 2.45) is 0 Å². The van der Waals surface area contributed by atoms with E-state index >= 15 is 0 Å². The standard InChI is InChI=1S/C46H54O2S/c1-31(35-15-21-39-41(29-35)45(7,8)25-23-43(39,3)4)27-33-11-17-37(18-12-33)49(47,48)38-19-13-34(14-20-38)28-32(2)36-16-22-40-42(30-36)46(9,10)26-24-44(40,5)6/h11-22,27-30H,23-26H2,1-10H3. The molecule has 256 valence electrons. The summed E-state index contributed by atoms with van der Waals surface area (Å²) in [6, 6.07) is 28.4. The minimum atomic E-state index is -3.64. The minimum absolute atomic E-state index is 0.154. The van der Waals surface area contributed by atoms with Gasteiger partial charge in [0.2, 0.25) is 9.84 Å². The average molecular weight is 671 g/mol. The van der Waals surface area contributed by atoms with Crippen LogP contribution in [0.15, 0.2) is 94.7 Å². The molecule has 0 heterocycles. The third-order valence-corrected chi connectivity index (χ3v) is 13.5. The maximum atomic E-state index is 13.6. The lowest BCUT2D eigenvalue weighted by Gasteiger charge is -2.42.